The van der Waals surface area contributed by atoms with Crippen molar-refractivity contribution in [3.63, 3.8) is 0 Å². The first-order valence-corrected chi connectivity index (χ1v) is 3.94. The van der Waals surface area contributed by atoms with Gasteiger partial charge in [-0.1, -0.05) is 0 Å². The first-order valence-electron chi connectivity index (χ1n) is 3.06. The average Bonchev–Trinajstić information content (AvgIpc) is 2.34. The number of hydrogen-bond acceptors (Lipinski definition) is 4. The number of anilines is 1. The third-order valence-electron chi connectivity index (χ3n) is 1.13. The van der Waals surface area contributed by atoms with Crippen LogP contribution in [0.25, 0.3) is 0 Å². The molecule has 0 fully saturated rings. The summed E-state index contributed by atoms with van der Waals surface area (Å²) < 4.78 is 0. The second kappa shape index (κ2) is 4.54. The number of hydrogen-bond donors (Lipinski definition) is 1. The Morgan fingerprint density at radius 2 is 2.27 bits per heavy atom. The summed E-state index contributed by atoms with van der Waals surface area (Å²) in [5.74, 6) is 0. The van der Waals surface area contributed by atoms with E-state index in [-0.39, 0.29) is 12.4 Å². The van der Waals surface area contributed by atoms with Gasteiger partial charge in [0.05, 0.1) is 5.69 Å². The van der Waals surface area contributed by atoms with Crippen LogP contribution in [0.1, 0.15) is 5.69 Å². The summed E-state index contributed by atoms with van der Waals surface area (Å²) in [5, 5.41) is 3.00. The maximum atomic E-state index is 5.39. The van der Waals surface area contributed by atoms with Crippen molar-refractivity contribution in [1.82, 2.24) is 4.98 Å². The van der Waals surface area contributed by atoms with Crippen LogP contribution < -0.4 is 10.6 Å². The van der Waals surface area contributed by atoms with Crippen LogP contribution in [-0.2, 0) is 6.54 Å². The highest BCUT2D eigenvalue weighted by atomic mass is 35.5. The van der Waals surface area contributed by atoms with Crippen LogP contribution >= 0.6 is 23.7 Å². The van der Waals surface area contributed by atoms with Crippen LogP contribution in [-0.4, -0.2) is 19.1 Å². The maximum Gasteiger partial charge on any atom is 0.185 e. The quantitative estimate of drug-likeness (QED) is 0.765. The van der Waals surface area contributed by atoms with E-state index in [1.165, 1.54) is 0 Å². The molecule has 1 aromatic heterocycles. The monoisotopic (exact) mass is 193 g/mol. The molecule has 3 nitrogen and oxygen atoms in total. The van der Waals surface area contributed by atoms with Gasteiger partial charge in [0.1, 0.15) is 0 Å². The number of aromatic nitrogens is 1. The predicted octanol–water partition coefficient (Wildman–Crippen LogP) is 1.09. The average molecular weight is 194 g/mol. The smallest absolute Gasteiger partial charge is 0.185 e. The predicted molar refractivity (Wildman–Crippen MR) is 51.6 cm³/mol. The van der Waals surface area contributed by atoms with Gasteiger partial charge in [-0.15, -0.1) is 23.7 Å². The molecule has 0 aliphatic carbocycles. The molecule has 0 unspecified atom stereocenters. The molecule has 1 heterocycles. The third kappa shape index (κ3) is 2.65. The fourth-order valence-corrected chi connectivity index (χ4v) is 1.37. The Balaban J connectivity index is 0.000001000. The summed E-state index contributed by atoms with van der Waals surface area (Å²) in [6, 6.07) is 0. The summed E-state index contributed by atoms with van der Waals surface area (Å²) in [6.45, 7) is 0.532. The molecule has 0 aliphatic heterocycles. The standard InChI is InChI=1S/C6H11N3S.ClH/c1-9(2)6-8-5(3-7)4-10-6;/h4H,3,7H2,1-2H3;1H. The van der Waals surface area contributed by atoms with Crippen LogP contribution in [0.15, 0.2) is 5.38 Å². The highest BCUT2D eigenvalue weighted by Crippen LogP contribution is 2.16. The van der Waals surface area contributed by atoms with E-state index >= 15 is 0 Å². The van der Waals surface area contributed by atoms with Gasteiger partial charge in [-0.3, -0.25) is 0 Å². The van der Waals surface area contributed by atoms with E-state index < -0.39 is 0 Å². The van der Waals surface area contributed by atoms with E-state index in [9.17, 15) is 0 Å². The van der Waals surface area contributed by atoms with Crippen molar-refractivity contribution in [2.24, 2.45) is 5.73 Å². The molecule has 0 spiro atoms. The van der Waals surface area contributed by atoms with Crippen molar-refractivity contribution in [1.29, 1.82) is 0 Å². The van der Waals surface area contributed by atoms with Crippen LogP contribution in [0, 0.1) is 0 Å². The first kappa shape index (κ1) is 10.7. The van der Waals surface area contributed by atoms with Gasteiger partial charge in [-0.2, -0.15) is 0 Å². The zero-order valence-corrected chi connectivity index (χ0v) is 8.21. The van der Waals surface area contributed by atoms with Crippen molar-refractivity contribution in [3.05, 3.63) is 11.1 Å². The molecule has 0 saturated heterocycles. The molecule has 64 valence electrons. The fraction of sp³-hybridized carbons (Fsp3) is 0.500. The molecule has 0 aliphatic rings. The maximum absolute atomic E-state index is 5.39. The molecular weight excluding hydrogens is 182 g/mol. The van der Waals surface area contributed by atoms with Crippen molar-refractivity contribution in [2.75, 3.05) is 19.0 Å². The minimum absolute atomic E-state index is 0. The number of nitrogens with zero attached hydrogens (tertiary/aromatic N) is 2. The molecule has 1 aromatic rings. The largest absolute Gasteiger partial charge is 0.354 e. The fourth-order valence-electron chi connectivity index (χ4n) is 0.595. The summed E-state index contributed by atoms with van der Waals surface area (Å²) in [7, 11) is 3.94. The van der Waals surface area contributed by atoms with E-state index in [1.807, 2.05) is 24.4 Å². The molecule has 0 aromatic carbocycles. The van der Waals surface area contributed by atoms with Crippen molar-refractivity contribution in [2.45, 2.75) is 6.54 Å². The minimum atomic E-state index is 0. The highest BCUT2D eigenvalue weighted by molar-refractivity contribution is 7.13. The molecule has 1 rings (SSSR count). The van der Waals surface area contributed by atoms with Gasteiger partial charge in [0.2, 0.25) is 0 Å². The Kier molecular flexibility index (Phi) is 4.40. The number of rotatable bonds is 2. The van der Waals surface area contributed by atoms with Gasteiger partial charge >= 0.3 is 0 Å². The Labute approximate surface area is 76.6 Å². The molecule has 0 amide bonds. The minimum Gasteiger partial charge on any atom is -0.354 e. The van der Waals surface area contributed by atoms with Crippen LogP contribution in [0.4, 0.5) is 5.13 Å². The van der Waals surface area contributed by atoms with Gasteiger partial charge < -0.3 is 10.6 Å². The van der Waals surface area contributed by atoms with Crippen molar-refractivity contribution >= 4 is 28.9 Å². The molecule has 5 heteroatoms. The topological polar surface area (TPSA) is 42.2 Å². The Morgan fingerprint density at radius 1 is 1.64 bits per heavy atom. The second-order valence-electron chi connectivity index (χ2n) is 2.22. The number of thiazole rings is 1. The van der Waals surface area contributed by atoms with Gasteiger partial charge in [0, 0.05) is 26.0 Å². The van der Waals surface area contributed by atoms with E-state index in [0.717, 1.165) is 10.8 Å². The summed E-state index contributed by atoms with van der Waals surface area (Å²) in [4.78, 5) is 6.22. The van der Waals surface area contributed by atoms with Gasteiger partial charge in [0.15, 0.2) is 5.13 Å². The number of nitrogens with two attached hydrogens (primary N) is 1. The molecule has 0 atom stereocenters. The lowest BCUT2D eigenvalue weighted by atomic mass is 10.5. The Morgan fingerprint density at radius 3 is 2.55 bits per heavy atom. The molecule has 0 bridgehead atoms. The summed E-state index contributed by atoms with van der Waals surface area (Å²) in [6.07, 6.45) is 0. The zero-order valence-electron chi connectivity index (χ0n) is 6.57. The van der Waals surface area contributed by atoms with Gasteiger partial charge in [0.25, 0.3) is 0 Å². The van der Waals surface area contributed by atoms with Crippen molar-refractivity contribution < 1.29 is 0 Å². The lowest BCUT2D eigenvalue weighted by Crippen LogP contribution is -2.08. The van der Waals surface area contributed by atoms with E-state index in [0.29, 0.717) is 6.54 Å². The van der Waals surface area contributed by atoms with Crippen LogP contribution in [0.5, 0.6) is 0 Å². The third-order valence-corrected chi connectivity index (χ3v) is 2.19. The highest BCUT2D eigenvalue weighted by Gasteiger charge is 2.00. The van der Waals surface area contributed by atoms with Crippen molar-refractivity contribution in [3.8, 4) is 0 Å². The summed E-state index contributed by atoms with van der Waals surface area (Å²) in [5.41, 5.74) is 6.36. The number of halogens is 1. The SMILES string of the molecule is CN(C)c1nc(CN)cs1.Cl. The van der Waals surface area contributed by atoms with Gasteiger partial charge in [-0.05, 0) is 0 Å². The lowest BCUT2D eigenvalue weighted by molar-refractivity contribution is 0.991. The zero-order chi connectivity index (χ0) is 7.56. The van der Waals surface area contributed by atoms with E-state index in [1.54, 1.807) is 11.3 Å². The lowest BCUT2D eigenvalue weighted by Gasteiger charge is -2.04. The Hall–Kier alpha value is -0.320. The molecule has 11 heavy (non-hydrogen) atoms. The van der Waals surface area contributed by atoms with Gasteiger partial charge in [-0.25, -0.2) is 4.98 Å². The second-order valence-corrected chi connectivity index (χ2v) is 3.06. The first-order chi connectivity index (χ1) is 4.74. The Bertz CT molecular complexity index is 211. The molecule has 0 saturated carbocycles. The summed E-state index contributed by atoms with van der Waals surface area (Å²) >= 11 is 1.62. The van der Waals surface area contributed by atoms with E-state index in [4.69, 9.17) is 5.73 Å². The molecular formula is C6H12ClN3S. The molecule has 0 radical (unpaired) electrons. The van der Waals surface area contributed by atoms with Crippen LogP contribution in [0.2, 0.25) is 0 Å². The normalized spacial score (nSPS) is 9.00. The molecule has 2 N–H and O–H groups in total. The van der Waals surface area contributed by atoms with Crippen LogP contribution in [0.3, 0.4) is 0 Å². The van der Waals surface area contributed by atoms with E-state index in [2.05, 4.69) is 4.98 Å².